The molecule has 2 unspecified atom stereocenters. The predicted octanol–water partition coefficient (Wildman–Crippen LogP) is 3.46. The molecule has 1 aromatic rings. The molecule has 2 atom stereocenters. The van der Waals surface area contributed by atoms with Gasteiger partial charge in [-0.3, -0.25) is 4.79 Å². The van der Waals surface area contributed by atoms with Crippen LogP contribution in [0, 0.1) is 5.92 Å². The minimum atomic E-state index is -0.808. The minimum absolute atomic E-state index is 0.348. The van der Waals surface area contributed by atoms with Gasteiger partial charge >= 0.3 is 5.97 Å². The highest BCUT2D eigenvalue weighted by Crippen LogP contribution is 2.28. The van der Waals surface area contributed by atoms with E-state index in [2.05, 4.69) is 22.9 Å². The second kappa shape index (κ2) is 7.54. The van der Waals surface area contributed by atoms with Gasteiger partial charge in [-0.2, -0.15) is 0 Å². The Balaban J connectivity index is 2.83. The van der Waals surface area contributed by atoms with Gasteiger partial charge in [-0.1, -0.05) is 47.8 Å². The number of aliphatic hydroxyl groups is 1. The molecule has 0 saturated carbocycles. The van der Waals surface area contributed by atoms with Gasteiger partial charge in [0.1, 0.15) is 0 Å². The first-order chi connectivity index (χ1) is 8.60. The van der Waals surface area contributed by atoms with Crippen molar-refractivity contribution in [3.05, 3.63) is 34.3 Å². The Labute approximate surface area is 116 Å². The average molecular weight is 315 g/mol. The summed E-state index contributed by atoms with van der Waals surface area (Å²) in [5.74, 6) is -0.838. The fourth-order valence-electron chi connectivity index (χ4n) is 1.87. The fourth-order valence-corrected chi connectivity index (χ4v) is 2.14. The maximum atomic E-state index is 11.7. The van der Waals surface area contributed by atoms with Crippen LogP contribution in [0.3, 0.4) is 0 Å². The molecule has 0 saturated heterocycles. The number of benzene rings is 1. The summed E-state index contributed by atoms with van der Waals surface area (Å²) < 4.78 is 5.71. The van der Waals surface area contributed by atoms with Crippen LogP contribution >= 0.6 is 15.9 Å². The van der Waals surface area contributed by atoms with Crippen LogP contribution in [0.1, 0.15) is 37.9 Å². The average Bonchev–Trinajstić information content (AvgIpc) is 2.39. The fraction of sp³-hybridized carbons (Fsp3) is 0.500. The lowest BCUT2D eigenvalue weighted by atomic mass is 9.91. The summed E-state index contributed by atoms with van der Waals surface area (Å²) in [5.41, 5.74) is 0.740. The molecule has 1 rings (SSSR count). The summed E-state index contributed by atoms with van der Waals surface area (Å²) >= 11 is 3.34. The second-order valence-electron chi connectivity index (χ2n) is 4.27. The summed E-state index contributed by atoms with van der Waals surface area (Å²) in [4.78, 5) is 11.7. The Kier molecular flexibility index (Phi) is 6.36. The van der Waals surface area contributed by atoms with Crippen LogP contribution in [0.5, 0.6) is 0 Å². The number of hydrogen-bond donors (Lipinski definition) is 1. The molecule has 0 aliphatic rings. The van der Waals surface area contributed by atoms with E-state index in [0.29, 0.717) is 6.42 Å². The van der Waals surface area contributed by atoms with Gasteiger partial charge in [0.25, 0.3) is 0 Å². The summed E-state index contributed by atoms with van der Waals surface area (Å²) in [7, 11) is 1.36. The lowest BCUT2D eigenvalue weighted by Gasteiger charge is -2.21. The molecular weight excluding hydrogens is 296 g/mol. The van der Waals surface area contributed by atoms with Gasteiger partial charge in [-0.05, 0) is 24.1 Å². The van der Waals surface area contributed by atoms with E-state index in [0.717, 1.165) is 22.9 Å². The molecule has 18 heavy (non-hydrogen) atoms. The first-order valence-corrected chi connectivity index (χ1v) is 6.90. The van der Waals surface area contributed by atoms with Crippen molar-refractivity contribution in [2.45, 2.75) is 32.3 Å². The molecular formula is C14H19BrO3. The Morgan fingerprint density at radius 2 is 2.00 bits per heavy atom. The highest BCUT2D eigenvalue weighted by molar-refractivity contribution is 9.10. The van der Waals surface area contributed by atoms with E-state index >= 15 is 0 Å². The predicted molar refractivity (Wildman–Crippen MR) is 74.1 cm³/mol. The molecule has 0 heterocycles. The second-order valence-corrected chi connectivity index (χ2v) is 5.18. The zero-order valence-electron chi connectivity index (χ0n) is 10.7. The van der Waals surface area contributed by atoms with Crippen LogP contribution in [0.2, 0.25) is 0 Å². The van der Waals surface area contributed by atoms with Crippen LogP contribution in [-0.2, 0) is 9.53 Å². The van der Waals surface area contributed by atoms with E-state index in [-0.39, 0.29) is 5.97 Å². The number of rotatable bonds is 6. The smallest absolute Gasteiger partial charge is 0.311 e. The number of halogens is 1. The molecule has 0 spiro atoms. The number of hydrogen-bond acceptors (Lipinski definition) is 3. The van der Waals surface area contributed by atoms with E-state index in [4.69, 9.17) is 4.74 Å². The number of unbranched alkanes of at least 4 members (excludes halogenated alkanes) is 1. The van der Waals surface area contributed by atoms with E-state index < -0.39 is 12.0 Å². The highest BCUT2D eigenvalue weighted by atomic mass is 79.9. The summed E-state index contributed by atoms with van der Waals surface area (Å²) in [6.07, 6.45) is 1.71. The number of methoxy groups -OCH3 is 1. The Morgan fingerprint density at radius 3 is 2.50 bits per heavy atom. The lowest BCUT2D eigenvalue weighted by molar-refractivity contribution is -0.150. The third-order valence-electron chi connectivity index (χ3n) is 2.97. The molecule has 4 heteroatoms. The molecule has 3 nitrogen and oxygen atoms in total. The van der Waals surface area contributed by atoms with Gasteiger partial charge in [0.2, 0.25) is 0 Å². The van der Waals surface area contributed by atoms with Crippen molar-refractivity contribution < 1.29 is 14.6 Å². The van der Waals surface area contributed by atoms with E-state index in [1.165, 1.54) is 7.11 Å². The van der Waals surface area contributed by atoms with Crippen LogP contribution in [0.4, 0.5) is 0 Å². The zero-order chi connectivity index (χ0) is 13.5. The van der Waals surface area contributed by atoms with Crippen molar-refractivity contribution >= 4 is 21.9 Å². The maximum absolute atomic E-state index is 11.7. The van der Waals surface area contributed by atoms with Crippen LogP contribution < -0.4 is 0 Å². The molecule has 0 radical (unpaired) electrons. The van der Waals surface area contributed by atoms with Crippen molar-refractivity contribution in [2.75, 3.05) is 7.11 Å². The maximum Gasteiger partial charge on any atom is 0.311 e. The standard InChI is InChI=1S/C14H19BrO3/c1-3-4-5-12(14(17)18-2)13(16)10-6-8-11(15)9-7-10/h6-9,12-13,16H,3-5H2,1-2H3. The van der Waals surface area contributed by atoms with Gasteiger partial charge < -0.3 is 9.84 Å². The quantitative estimate of drug-likeness (QED) is 0.818. The molecule has 0 aromatic heterocycles. The van der Waals surface area contributed by atoms with Crippen LogP contribution in [0.15, 0.2) is 28.7 Å². The minimum Gasteiger partial charge on any atom is -0.469 e. The van der Waals surface area contributed by atoms with Crippen LogP contribution in [-0.4, -0.2) is 18.2 Å². The number of ether oxygens (including phenoxy) is 1. The van der Waals surface area contributed by atoms with E-state index in [9.17, 15) is 9.90 Å². The van der Waals surface area contributed by atoms with Crippen LogP contribution in [0.25, 0.3) is 0 Å². The molecule has 0 aliphatic carbocycles. The molecule has 0 amide bonds. The van der Waals surface area contributed by atoms with Crippen molar-refractivity contribution in [1.29, 1.82) is 0 Å². The van der Waals surface area contributed by atoms with Gasteiger partial charge in [-0.15, -0.1) is 0 Å². The number of esters is 1. The molecule has 100 valence electrons. The van der Waals surface area contributed by atoms with Crippen molar-refractivity contribution in [3.8, 4) is 0 Å². The topological polar surface area (TPSA) is 46.5 Å². The van der Waals surface area contributed by atoms with Crippen molar-refractivity contribution in [3.63, 3.8) is 0 Å². The van der Waals surface area contributed by atoms with E-state index in [1.807, 2.05) is 24.3 Å². The number of aliphatic hydroxyl groups excluding tert-OH is 1. The third kappa shape index (κ3) is 4.10. The molecule has 0 aliphatic heterocycles. The highest BCUT2D eigenvalue weighted by Gasteiger charge is 2.28. The zero-order valence-corrected chi connectivity index (χ0v) is 12.3. The van der Waals surface area contributed by atoms with Crippen molar-refractivity contribution in [1.82, 2.24) is 0 Å². The van der Waals surface area contributed by atoms with E-state index in [1.54, 1.807) is 0 Å². The summed E-state index contributed by atoms with van der Waals surface area (Å²) in [6.45, 7) is 2.06. The van der Waals surface area contributed by atoms with Gasteiger partial charge in [0.05, 0.1) is 19.1 Å². The summed E-state index contributed by atoms with van der Waals surface area (Å²) in [5, 5.41) is 10.3. The first-order valence-electron chi connectivity index (χ1n) is 6.11. The Hall–Kier alpha value is -0.870. The molecule has 1 aromatic carbocycles. The largest absolute Gasteiger partial charge is 0.469 e. The third-order valence-corrected chi connectivity index (χ3v) is 3.49. The molecule has 0 bridgehead atoms. The number of carbonyl (C=O) groups is 1. The Morgan fingerprint density at radius 1 is 1.39 bits per heavy atom. The van der Waals surface area contributed by atoms with Gasteiger partial charge in [0.15, 0.2) is 0 Å². The SMILES string of the molecule is CCCCC(C(=O)OC)C(O)c1ccc(Br)cc1. The Bertz CT molecular complexity index is 375. The number of carbonyl (C=O) groups excluding carboxylic acids is 1. The first kappa shape index (κ1) is 15.2. The summed E-state index contributed by atoms with van der Waals surface area (Å²) in [6, 6.07) is 7.34. The normalized spacial score (nSPS) is 14.0. The monoisotopic (exact) mass is 314 g/mol. The molecule has 0 fully saturated rings. The van der Waals surface area contributed by atoms with Gasteiger partial charge in [0, 0.05) is 4.47 Å². The van der Waals surface area contributed by atoms with Gasteiger partial charge in [-0.25, -0.2) is 0 Å². The lowest BCUT2D eigenvalue weighted by Crippen LogP contribution is -2.23. The molecule has 1 N–H and O–H groups in total. The van der Waals surface area contributed by atoms with Crippen molar-refractivity contribution in [2.24, 2.45) is 5.92 Å².